The first-order valence-corrected chi connectivity index (χ1v) is 7.52. The van der Waals surface area contributed by atoms with Crippen molar-refractivity contribution in [2.45, 2.75) is 40.5 Å². The van der Waals surface area contributed by atoms with Crippen LogP contribution >= 0.6 is 12.2 Å². The Hall–Kier alpha value is -1.49. The topological polar surface area (TPSA) is 40.5 Å². The van der Waals surface area contributed by atoms with Gasteiger partial charge in [-0.05, 0) is 51.0 Å². The van der Waals surface area contributed by atoms with Gasteiger partial charge < -0.3 is 4.90 Å². The van der Waals surface area contributed by atoms with Crippen molar-refractivity contribution in [2.75, 3.05) is 13.1 Å². The smallest absolute Gasteiger partial charge is 0.189 e. The molecule has 0 aliphatic rings. The van der Waals surface area contributed by atoms with E-state index >= 15 is 0 Å². The second kappa shape index (κ2) is 8.64. The minimum Gasteiger partial charge on any atom is -0.348 e. The number of hydrazone groups is 1. The Morgan fingerprint density at radius 2 is 1.95 bits per heavy atom. The molecule has 0 saturated heterocycles. The van der Waals surface area contributed by atoms with Gasteiger partial charge in [-0.3, -0.25) is 10.4 Å². The lowest BCUT2D eigenvalue weighted by Crippen LogP contribution is -2.38. The van der Waals surface area contributed by atoms with Crippen LogP contribution in [0.25, 0.3) is 0 Å². The number of aryl methyl sites for hydroxylation is 1. The van der Waals surface area contributed by atoms with Crippen molar-refractivity contribution in [1.82, 2.24) is 15.3 Å². The van der Waals surface area contributed by atoms with E-state index in [0.717, 1.165) is 43.0 Å². The summed E-state index contributed by atoms with van der Waals surface area (Å²) >= 11 is 5.39. The molecule has 0 unspecified atom stereocenters. The first-order chi connectivity index (χ1) is 9.58. The van der Waals surface area contributed by atoms with Gasteiger partial charge in [-0.15, -0.1) is 0 Å². The fourth-order valence-corrected chi connectivity index (χ4v) is 2.09. The molecule has 5 heteroatoms. The molecule has 1 aromatic rings. The second-order valence-corrected chi connectivity index (χ2v) is 5.15. The van der Waals surface area contributed by atoms with Crippen LogP contribution in [0.5, 0.6) is 0 Å². The average Bonchev–Trinajstić information content (AvgIpc) is 2.44. The lowest BCUT2D eigenvalue weighted by Gasteiger charge is -2.23. The lowest BCUT2D eigenvalue weighted by molar-refractivity contribution is 0.411. The summed E-state index contributed by atoms with van der Waals surface area (Å²) in [5.41, 5.74) is 5.67. The maximum absolute atomic E-state index is 5.39. The maximum Gasteiger partial charge on any atom is 0.189 e. The van der Waals surface area contributed by atoms with E-state index in [-0.39, 0.29) is 0 Å². The molecule has 0 atom stereocenters. The molecule has 0 radical (unpaired) electrons. The average molecular weight is 292 g/mol. The van der Waals surface area contributed by atoms with E-state index in [1.54, 1.807) is 0 Å². The molecule has 0 aromatic carbocycles. The number of thiocarbonyl (C=S) groups is 1. The highest BCUT2D eigenvalue weighted by atomic mass is 32.1. The number of aromatic nitrogens is 1. The second-order valence-electron chi connectivity index (χ2n) is 4.77. The number of rotatable bonds is 6. The highest BCUT2D eigenvalue weighted by molar-refractivity contribution is 7.80. The van der Waals surface area contributed by atoms with E-state index in [4.69, 9.17) is 12.2 Å². The summed E-state index contributed by atoms with van der Waals surface area (Å²) < 4.78 is 0. The number of nitrogens with one attached hydrogen (secondary N) is 1. The Morgan fingerprint density at radius 1 is 1.30 bits per heavy atom. The minimum absolute atomic E-state index is 0.681. The summed E-state index contributed by atoms with van der Waals surface area (Å²) in [7, 11) is 0. The van der Waals surface area contributed by atoms with Crippen molar-refractivity contribution in [3.63, 3.8) is 0 Å². The molecule has 0 spiro atoms. The third kappa shape index (κ3) is 5.25. The maximum atomic E-state index is 5.39. The van der Waals surface area contributed by atoms with Gasteiger partial charge in [-0.1, -0.05) is 19.9 Å². The van der Waals surface area contributed by atoms with Gasteiger partial charge in [-0.25, -0.2) is 0 Å². The molecule has 1 N–H and O–H groups in total. The fourth-order valence-electron chi connectivity index (χ4n) is 1.86. The standard InChI is InChI=1S/C15H24N4S/c1-5-10-19(11-6-2)15(20)18-17-13(4)14-9-7-8-12(3)16-14/h7-9H,5-6,10-11H2,1-4H3,(H,18,20)/b17-13+. The molecule has 4 nitrogen and oxygen atoms in total. The van der Waals surface area contributed by atoms with Crippen LogP contribution < -0.4 is 5.43 Å². The molecule has 0 aliphatic heterocycles. The Labute approximate surface area is 127 Å². The first-order valence-electron chi connectivity index (χ1n) is 7.11. The summed E-state index contributed by atoms with van der Waals surface area (Å²) in [5.74, 6) is 0. The zero-order valence-corrected chi connectivity index (χ0v) is 13.6. The molecular formula is C15H24N4S. The van der Waals surface area contributed by atoms with Crippen molar-refractivity contribution in [3.8, 4) is 0 Å². The number of hydrogen-bond acceptors (Lipinski definition) is 3. The van der Waals surface area contributed by atoms with E-state index in [1.807, 2.05) is 32.0 Å². The number of nitrogens with zero attached hydrogens (tertiary/aromatic N) is 3. The zero-order chi connectivity index (χ0) is 15.0. The minimum atomic E-state index is 0.681. The predicted octanol–water partition coefficient (Wildman–Crippen LogP) is 3.11. The molecule has 0 fully saturated rings. The first kappa shape index (κ1) is 16.6. The van der Waals surface area contributed by atoms with E-state index in [9.17, 15) is 0 Å². The largest absolute Gasteiger partial charge is 0.348 e. The van der Waals surface area contributed by atoms with Crippen LogP contribution in [-0.2, 0) is 0 Å². The van der Waals surface area contributed by atoms with Gasteiger partial charge >= 0.3 is 0 Å². The van der Waals surface area contributed by atoms with Crippen molar-refractivity contribution < 1.29 is 0 Å². The lowest BCUT2D eigenvalue weighted by atomic mass is 10.2. The fraction of sp³-hybridized carbons (Fsp3) is 0.533. The monoisotopic (exact) mass is 292 g/mol. The van der Waals surface area contributed by atoms with Gasteiger partial charge in [0.25, 0.3) is 0 Å². The van der Waals surface area contributed by atoms with Crippen LogP contribution in [0.3, 0.4) is 0 Å². The van der Waals surface area contributed by atoms with Crippen LogP contribution in [0, 0.1) is 6.92 Å². The summed E-state index contributed by atoms with van der Waals surface area (Å²) in [4.78, 5) is 6.59. The summed E-state index contributed by atoms with van der Waals surface area (Å²) in [6.45, 7) is 10.1. The van der Waals surface area contributed by atoms with Crippen LogP contribution in [0.1, 0.15) is 45.0 Å². The van der Waals surface area contributed by atoms with Crippen LogP contribution in [0.15, 0.2) is 23.3 Å². The molecule has 0 bridgehead atoms. The third-order valence-corrected chi connectivity index (χ3v) is 3.20. The Balaban J connectivity index is 2.67. The number of hydrogen-bond donors (Lipinski definition) is 1. The normalized spacial score (nSPS) is 11.3. The van der Waals surface area contributed by atoms with E-state index < -0.39 is 0 Å². The SMILES string of the molecule is CCCN(CCC)C(=S)N/N=C(\C)c1cccc(C)n1. The zero-order valence-electron chi connectivity index (χ0n) is 12.8. The van der Waals surface area contributed by atoms with Crippen LogP contribution in [-0.4, -0.2) is 33.8 Å². The molecule has 0 saturated carbocycles. The Bertz CT molecular complexity index is 465. The number of pyridine rings is 1. The molecular weight excluding hydrogens is 268 g/mol. The van der Waals surface area contributed by atoms with Gasteiger partial charge in [0.1, 0.15) is 0 Å². The van der Waals surface area contributed by atoms with E-state index in [1.165, 1.54) is 0 Å². The van der Waals surface area contributed by atoms with Crippen molar-refractivity contribution in [2.24, 2.45) is 5.10 Å². The Kier molecular flexibility index (Phi) is 7.15. The summed E-state index contributed by atoms with van der Waals surface area (Å²) in [5, 5.41) is 5.02. The molecule has 0 aliphatic carbocycles. The van der Waals surface area contributed by atoms with Gasteiger partial charge in [-0.2, -0.15) is 5.10 Å². The van der Waals surface area contributed by atoms with Crippen molar-refractivity contribution >= 4 is 23.0 Å². The van der Waals surface area contributed by atoms with Crippen molar-refractivity contribution in [3.05, 3.63) is 29.6 Å². The van der Waals surface area contributed by atoms with E-state index in [0.29, 0.717) is 5.11 Å². The molecule has 110 valence electrons. The van der Waals surface area contributed by atoms with Crippen molar-refractivity contribution in [1.29, 1.82) is 0 Å². The highest BCUT2D eigenvalue weighted by Crippen LogP contribution is 2.00. The van der Waals surface area contributed by atoms with Crippen LogP contribution in [0.4, 0.5) is 0 Å². The molecule has 1 heterocycles. The Morgan fingerprint density at radius 3 is 2.50 bits per heavy atom. The van der Waals surface area contributed by atoms with Gasteiger partial charge in [0.15, 0.2) is 5.11 Å². The highest BCUT2D eigenvalue weighted by Gasteiger charge is 2.07. The predicted molar refractivity (Wildman–Crippen MR) is 89.1 cm³/mol. The van der Waals surface area contributed by atoms with E-state index in [2.05, 4.69) is 34.3 Å². The molecule has 1 rings (SSSR count). The summed E-state index contributed by atoms with van der Waals surface area (Å²) in [6, 6.07) is 5.90. The quantitative estimate of drug-likeness (QED) is 0.497. The molecule has 1 aromatic heterocycles. The summed E-state index contributed by atoms with van der Waals surface area (Å²) in [6.07, 6.45) is 2.15. The van der Waals surface area contributed by atoms with Crippen LogP contribution in [0.2, 0.25) is 0 Å². The van der Waals surface area contributed by atoms with Gasteiger partial charge in [0.05, 0.1) is 11.4 Å². The molecule has 0 amide bonds. The van der Waals surface area contributed by atoms with Gasteiger partial charge in [0, 0.05) is 18.8 Å². The molecule has 20 heavy (non-hydrogen) atoms. The van der Waals surface area contributed by atoms with Gasteiger partial charge in [0.2, 0.25) is 0 Å². The third-order valence-electron chi connectivity index (χ3n) is 2.85.